The number of ether oxygens (including phenoxy) is 2. The third kappa shape index (κ3) is 3.16. The van der Waals surface area contributed by atoms with E-state index in [1.165, 1.54) is 0 Å². The summed E-state index contributed by atoms with van der Waals surface area (Å²) in [4.78, 5) is 0. The van der Waals surface area contributed by atoms with Crippen molar-refractivity contribution in [2.75, 3.05) is 19.5 Å². The lowest BCUT2D eigenvalue weighted by atomic mass is 10.3. The van der Waals surface area contributed by atoms with Crippen molar-refractivity contribution in [2.24, 2.45) is 0 Å². The van der Waals surface area contributed by atoms with Gasteiger partial charge in [0.1, 0.15) is 18.1 Å². The van der Waals surface area contributed by atoms with Gasteiger partial charge in [-0.1, -0.05) is 0 Å². The van der Waals surface area contributed by atoms with Gasteiger partial charge in [0.2, 0.25) is 0 Å². The molecule has 0 spiro atoms. The van der Waals surface area contributed by atoms with Gasteiger partial charge in [0, 0.05) is 6.20 Å². The molecule has 2 aromatic rings. The van der Waals surface area contributed by atoms with Crippen LogP contribution in [0.5, 0.6) is 11.5 Å². The van der Waals surface area contributed by atoms with Gasteiger partial charge in [-0.3, -0.25) is 4.68 Å². The maximum atomic E-state index is 5.62. The fourth-order valence-electron chi connectivity index (χ4n) is 1.46. The highest BCUT2D eigenvalue weighted by atomic mass is 79.9. The first-order valence-electron chi connectivity index (χ1n) is 5.44. The van der Waals surface area contributed by atoms with Crippen molar-refractivity contribution in [3.05, 3.63) is 34.9 Å². The Balaban J connectivity index is 1.84. The Morgan fingerprint density at radius 3 is 2.50 bits per heavy atom. The van der Waals surface area contributed by atoms with E-state index in [1.54, 1.807) is 11.8 Å². The van der Waals surface area contributed by atoms with Crippen molar-refractivity contribution in [3.63, 3.8) is 0 Å². The first-order chi connectivity index (χ1) is 8.69. The highest BCUT2D eigenvalue weighted by molar-refractivity contribution is 9.10. The molecule has 1 aromatic carbocycles. The minimum Gasteiger partial charge on any atom is -0.497 e. The molecule has 2 N–H and O–H groups in total. The van der Waals surface area contributed by atoms with Crippen LogP contribution in [0.15, 0.2) is 34.9 Å². The lowest BCUT2D eigenvalue weighted by Crippen LogP contribution is -2.08. The van der Waals surface area contributed by atoms with Crippen LogP contribution < -0.4 is 15.2 Å². The van der Waals surface area contributed by atoms with E-state index in [2.05, 4.69) is 21.0 Å². The van der Waals surface area contributed by atoms with Gasteiger partial charge in [0.05, 0.1) is 18.1 Å². The molecule has 0 saturated heterocycles. The standard InChI is InChI=1S/C12H14BrN3O2/c1-17-9-2-4-10(5-3-9)18-7-6-16-8-11(13)12(14)15-16/h2-5,8H,6-7H2,1H3,(H2,14,15). The minimum absolute atomic E-state index is 0.486. The number of nitrogens with zero attached hydrogens (tertiary/aromatic N) is 2. The van der Waals surface area contributed by atoms with Crippen molar-refractivity contribution >= 4 is 21.7 Å². The number of halogens is 1. The van der Waals surface area contributed by atoms with E-state index in [-0.39, 0.29) is 0 Å². The molecular weight excluding hydrogens is 298 g/mol. The van der Waals surface area contributed by atoms with E-state index in [4.69, 9.17) is 15.2 Å². The molecule has 0 fully saturated rings. The van der Waals surface area contributed by atoms with Gasteiger partial charge in [0.25, 0.3) is 0 Å². The topological polar surface area (TPSA) is 62.3 Å². The fraction of sp³-hybridized carbons (Fsp3) is 0.250. The van der Waals surface area contributed by atoms with Gasteiger partial charge >= 0.3 is 0 Å². The average Bonchev–Trinajstić information content (AvgIpc) is 2.69. The van der Waals surface area contributed by atoms with E-state index < -0.39 is 0 Å². The van der Waals surface area contributed by atoms with E-state index in [0.29, 0.717) is 19.0 Å². The Labute approximate surface area is 114 Å². The second-order valence-electron chi connectivity index (χ2n) is 3.65. The van der Waals surface area contributed by atoms with Crippen LogP contribution in [-0.2, 0) is 6.54 Å². The summed E-state index contributed by atoms with van der Waals surface area (Å²) in [5.41, 5.74) is 5.62. The number of rotatable bonds is 5. The Morgan fingerprint density at radius 2 is 1.94 bits per heavy atom. The second-order valence-corrected chi connectivity index (χ2v) is 4.50. The normalized spacial score (nSPS) is 10.3. The summed E-state index contributed by atoms with van der Waals surface area (Å²) in [6.07, 6.45) is 1.83. The summed E-state index contributed by atoms with van der Waals surface area (Å²) in [5, 5.41) is 4.12. The molecule has 1 aromatic heterocycles. The van der Waals surface area contributed by atoms with Crippen LogP contribution in [0.25, 0.3) is 0 Å². The molecule has 0 radical (unpaired) electrons. The molecule has 0 aliphatic heterocycles. The zero-order valence-electron chi connectivity index (χ0n) is 9.97. The number of methoxy groups -OCH3 is 1. The van der Waals surface area contributed by atoms with Crippen molar-refractivity contribution in [1.82, 2.24) is 9.78 Å². The van der Waals surface area contributed by atoms with Crippen LogP contribution in [0.4, 0.5) is 5.82 Å². The summed E-state index contributed by atoms with van der Waals surface area (Å²) in [6, 6.07) is 7.45. The number of anilines is 1. The third-order valence-electron chi connectivity index (χ3n) is 2.39. The van der Waals surface area contributed by atoms with Gasteiger partial charge in [-0.15, -0.1) is 0 Å². The van der Waals surface area contributed by atoms with Gasteiger partial charge in [-0.05, 0) is 40.2 Å². The molecular formula is C12H14BrN3O2. The van der Waals surface area contributed by atoms with Crippen LogP contribution >= 0.6 is 15.9 Å². The van der Waals surface area contributed by atoms with E-state index in [1.807, 2.05) is 30.5 Å². The second kappa shape index (κ2) is 5.77. The van der Waals surface area contributed by atoms with Crippen LogP contribution in [-0.4, -0.2) is 23.5 Å². The molecule has 96 valence electrons. The monoisotopic (exact) mass is 311 g/mol. The van der Waals surface area contributed by atoms with Gasteiger partial charge in [-0.2, -0.15) is 5.10 Å². The third-order valence-corrected chi connectivity index (χ3v) is 3.00. The first kappa shape index (κ1) is 12.8. The fourth-order valence-corrected chi connectivity index (χ4v) is 1.77. The highest BCUT2D eigenvalue weighted by Gasteiger charge is 2.02. The lowest BCUT2D eigenvalue weighted by molar-refractivity contribution is 0.291. The maximum absolute atomic E-state index is 5.62. The Hall–Kier alpha value is -1.69. The summed E-state index contributed by atoms with van der Waals surface area (Å²) < 4.78 is 13.2. The minimum atomic E-state index is 0.486. The number of hydrogen-bond acceptors (Lipinski definition) is 4. The zero-order chi connectivity index (χ0) is 13.0. The van der Waals surface area contributed by atoms with Crippen molar-refractivity contribution in [2.45, 2.75) is 6.54 Å². The molecule has 1 heterocycles. The van der Waals surface area contributed by atoms with Gasteiger partial charge in [0.15, 0.2) is 5.82 Å². The Morgan fingerprint density at radius 1 is 1.28 bits per heavy atom. The predicted octanol–water partition coefficient (Wildman–Crippen LogP) is 2.32. The molecule has 2 rings (SSSR count). The predicted molar refractivity (Wildman–Crippen MR) is 72.8 cm³/mol. The molecule has 0 saturated carbocycles. The van der Waals surface area contributed by atoms with Crippen LogP contribution in [0.2, 0.25) is 0 Å². The molecule has 0 atom stereocenters. The number of nitrogen functional groups attached to an aromatic ring is 1. The smallest absolute Gasteiger partial charge is 0.159 e. The Kier molecular flexibility index (Phi) is 4.09. The number of benzene rings is 1. The highest BCUT2D eigenvalue weighted by Crippen LogP contribution is 2.18. The van der Waals surface area contributed by atoms with Crippen LogP contribution in [0, 0.1) is 0 Å². The van der Waals surface area contributed by atoms with Crippen molar-refractivity contribution in [1.29, 1.82) is 0 Å². The molecule has 0 aliphatic carbocycles. The molecule has 0 bridgehead atoms. The quantitative estimate of drug-likeness (QED) is 0.920. The molecule has 0 unspecified atom stereocenters. The van der Waals surface area contributed by atoms with Crippen molar-refractivity contribution in [3.8, 4) is 11.5 Å². The summed E-state index contributed by atoms with van der Waals surface area (Å²) >= 11 is 3.31. The van der Waals surface area contributed by atoms with Crippen LogP contribution in [0.3, 0.4) is 0 Å². The maximum Gasteiger partial charge on any atom is 0.159 e. The summed E-state index contributed by atoms with van der Waals surface area (Å²) in [5.74, 6) is 2.10. The number of nitrogens with two attached hydrogens (primary N) is 1. The lowest BCUT2D eigenvalue weighted by Gasteiger charge is -2.07. The molecule has 0 amide bonds. The summed E-state index contributed by atoms with van der Waals surface area (Å²) in [6.45, 7) is 1.17. The Bertz CT molecular complexity index is 491. The summed E-state index contributed by atoms with van der Waals surface area (Å²) in [7, 11) is 1.63. The van der Waals surface area contributed by atoms with E-state index in [9.17, 15) is 0 Å². The molecule has 6 heteroatoms. The first-order valence-corrected chi connectivity index (χ1v) is 6.23. The molecule has 18 heavy (non-hydrogen) atoms. The average molecular weight is 312 g/mol. The van der Waals surface area contributed by atoms with Gasteiger partial charge in [-0.25, -0.2) is 0 Å². The number of aromatic nitrogens is 2. The van der Waals surface area contributed by atoms with Crippen LogP contribution in [0.1, 0.15) is 0 Å². The van der Waals surface area contributed by atoms with E-state index >= 15 is 0 Å². The zero-order valence-corrected chi connectivity index (χ0v) is 11.6. The molecule has 5 nitrogen and oxygen atoms in total. The van der Waals surface area contributed by atoms with Gasteiger partial charge < -0.3 is 15.2 Å². The number of hydrogen-bond donors (Lipinski definition) is 1. The molecule has 0 aliphatic rings. The SMILES string of the molecule is COc1ccc(OCCn2cc(Br)c(N)n2)cc1. The largest absolute Gasteiger partial charge is 0.497 e. The van der Waals surface area contributed by atoms with E-state index in [0.717, 1.165) is 16.0 Å². The van der Waals surface area contributed by atoms with Crippen molar-refractivity contribution < 1.29 is 9.47 Å².